The van der Waals surface area contributed by atoms with E-state index >= 15 is 0 Å². The van der Waals surface area contributed by atoms with Gasteiger partial charge in [0, 0.05) is 30.8 Å². The van der Waals surface area contributed by atoms with Gasteiger partial charge in [0.1, 0.15) is 18.2 Å². The van der Waals surface area contributed by atoms with Crippen LogP contribution in [0.5, 0.6) is 5.75 Å². The molecule has 148 valence electrons. The van der Waals surface area contributed by atoms with Crippen LogP contribution in [0.25, 0.3) is 16.7 Å². The van der Waals surface area contributed by atoms with Crippen molar-refractivity contribution in [2.75, 3.05) is 0 Å². The van der Waals surface area contributed by atoms with Crippen LogP contribution >= 0.6 is 11.6 Å². The summed E-state index contributed by atoms with van der Waals surface area (Å²) in [6.07, 6.45) is 3.71. The molecule has 0 saturated carbocycles. The highest BCUT2D eigenvalue weighted by atomic mass is 35.5. The van der Waals surface area contributed by atoms with Crippen LogP contribution in [-0.2, 0) is 20.1 Å². The Bertz CT molecular complexity index is 1210. The van der Waals surface area contributed by atoms with E-state index in [0.29, 0.717) is 17.4 Å². The van der Waals surface area contributed by atoms with Crippen molar-refractivity contribution in [3.63, 3.8) is 0 Å². The first-order valence-corrected chi connectivity index (χ1v) is 9.98. The van der Waals surface area contributed by atoms with Gasteiger partial charge in [0.2, 0.25) is 0 Å². The highest BCUT2D eigenvalue weighted by molar-refractivity contribution is 6.30. The van der Waals surface area contributed by atoms with E-state index in [2.05, 4.69) is 16.5 Å². The summed E-state index contributed by atoms with van der Waals surface area (Å²) in [5.41, 5.74) is 3.60. The molecule has 0 radical (unpaired) electrons. The lowest BCUT2D eigenvalue weighted by Gasteiger charge is -2.10. The highest BCUT2D eigenvalue weighted by Crippen LogP contribution is 2.20. The number of benzene rings is 2. The third-order valence-electron chi connectivity index (χ3n) is 4.92. The molecule has 0 bridgehead atoms. The number of nitrogens with zero attached hydrogens (tertiary/aromatic N) is 3. The van der Waals surface area contributed by atoms with Gasteiger partial charge in [-0.05, 0) is 48.4 Å². The van der Waals surface area contributed by atoms with E-state index in [9.17, 15) is 4.79 Å². The number of aryl methyl sites for hydroxylation is 2. The second-order valence-electron chi connectivity index (χ2n) is 7.00. The zero-order valence-electron chi connectivity index (χ0n) is 16.4. The number of pyridine rings is 1. The van der Waals surface area contributed by atoms with Gasteiger partial charge in [-0.15, -0.1) is 0 Å². The normalized spacial score (nSPS) is 11.1. The van der Waals surface area contributed by atoms with Crippen LogP contribution in [0.4, 0.5) is 0 Å². The van der Waals surface area contributed by atoms with Crippen molar-refractivity contribution in [3.05, 3.63) is 87.6 Å². The van der Waals surface area contributed by atoms with Crippen LogP contribution in [0.2, 0.25) is 5.02 Å². The third-order valence-corrected chi connectivity index (χ3v) is 5.17. The van der Waals surface area contributed by atoms with Crippen LogP contribution in [0.1, 0.15) is 24.7 Å². The van der Waals surface area contributed by atoms with Crippen molar-refractivity contribution in [3.8, 4) is 11.4 Å². The molecule has 4 rings (SSSR count). The van der Waals surface area contributed by atoms with Crippen molar-refractivity contribution in [2.24, 2.45) is 7.05 Å². The van der Waals surface area contributed by atoms with Gasteiger partial charge in [0.15, 0.2) is 0 Å². The van der Waals surface area contributed by atoms with E-state index in [4.69, 9.17) is 16.3 Å². The Balaban J connectivity index is 1.58. The first kappa shape index (κ1) is 19.3. The largest absolute Gasteiger partial charge is 0.489 e. The van der Waals surface area contributed by atoms with Crippen molar-refractivity contribution < 1.29 is 4.74 Å². The monoisotopic (exact) mass is 407 g/mol. The molecule has 0 aliphatic heterocycles. The van der Waals surface area contributed by atoms with E-state index in [0.717, 1.165) is 41.0 Å². The Morgan fingerprint density at radius 1 is 1.07 bits per heavy atom. The molecular weight excluding hydrogens is 386 g/mol. The average molecular weight is 408 g/mol. The van der Waals surface area contributed by atoms with E-state index in [1.165, 1.54) is 6.07 Å². The van der Waals surface area contributed by atoms with Gasteiger partial charge >= 0.3 is 0 Å². The molecular formula is C23H22ClN3O2. The van der Waals surface area contributed by atoms with Gasteiger partial charge in [-0.25, -0.2) is 4.98 Å². The fraction of sp³-hybridized carbons (Fsp3) is 0.217. The van der Waals surface area contributed by atoms with Crippen LogP contribution in [-0.4, -0.2) is 14.1 Å². The van der Waals surface area contributed by atoms with Crippen molar-refractivity contribution >= 4 is 22.6 Å². The summed E-state index contributed by atoms with van der Waals surface area (Å²) >= 11 is 5.90. The molecule has 2 aromatic heterocycles. The molecule has 0 fully saturated rings. The first-order chi connectivity index (χ1) is 14.0. The predicted molar refractivity (Wildman–Crippen MR) is 116 cm³/mol. The zero-order chi connectivity index (χ0) is 20.4. The molecule has 2 heterocycles. The molecule has 0 saturated heterocycles. The van der Waals surface area contributed by atoms with Gasteiger partial charge in [0.25, 0.3) is 5.56 Å². The number of aromatic nitrogens is 3. The minimum absolute atomic E-state index is 0.145. The summed E-state index contributed by atoms with van der Waals surface area (Å²) in [6, 6.07) is 16.6. The minimum Gasteiger partial charge on any atom is -0.489 e. The second kappa shape index (κ2) is 8.13. The van der Waals surface area contributed by atoms with Crippen molar-refractivity contribution in [1.29, 1.82) is 0 Å². The molecule has 0 unspecified atom stereocenters. The average Bonchev–Trinajstić information content (AvgIpc) is 3.03. The zero-order valence-corrected chi connectivity index (χ0v) is 17.2. The number of rotatable bonds is 6. The van der Waals surface area contributed by atoms with Gasteiger partial charge < -0.3 is 9.30 Å². The standard InChI is InChI=1S/C23H22ClN3O2/c1-3-4-22-25-20-10-9-18(13-21(20)26(22)2)27-12-11-19(14-23(27)28)29-15-16-5-7-17(24)8-6-16/h5-14H,3-4,15H2,1-2H3. The molecule has 6 heteroatoms. The molecule has 4 aromatic rings. The molecule has 29 heavy (non-hydrogen) atoms. The Kier molecular flexibility index (Phi) is 5.41. The molecule has 0 amide bonds. The minimum atomic E-state index is -0.145. The summed E-state index contributed by atoms with van der Waals surface area (Å²) < 4.78 is 9.46. The Hall–Kier alpha value is -3.05. The van der Waals surface area contributed by atoms with Crippen LogP contribution in [0.3, 0.4) is 0 Å². The van der Waals surface area contributed by atoms with Gasteiger partial charge in [0.05, 0.1) is 16.7 Å². The number of hydrogen-bond donors (Lipinski definition) is 0. The quantitative estimate of drug-likeness (QED) is 0.456. The fourth-order valence-corrected chi connectivity index (χ4v) is 3.46. The Labute approximate surface area is 174 Å². The SMILES string of the molecule is CCCc1nc2ccc(-n3ccc(OCc4ccc(Cl)cc4)cc3=O)cc2n1C. The van der Waals surface area contributed by atoms with Crippen molar-refractivity contribution in [1.82, 2.24) is 14.1 Å². The molecule has 0 aliphatic carbocycles. The summed E-state index contributed by atoms with van der Waals surface area (Å²) in [5.74, 6) is 1.59. The first-order valence-electron chi connectivity index (χ1n) is 9.61. The number of hydrogen-bond acceptors (Lipinski definition) is 3. The van der Waals surface area contributed by atoms with Crippen molar-refractivity contribution in [2.45, 2.75) is 26.4 Å². The maximum Gasteiger partial charge on any atom is 0.258 e. The molecule has 0 aliphatic rings. The summed E-state index contributed by atoms with van der Waals surface area (Å²) in [5, 5.41) is 0.684. The predicted octanol–water partition coefficient (Wildman–Crippen LogP) is 4.91. The third kappa shape index (κ3) is 4.05. The molecule has 0 N–H and O–H groups in total. The van der Waals surface area contributed by atoms with E-state index in [1.807, 2.05) is 49.5 Å². The summed E-state index contributed by atoms with van der Waals surface area (Å²) in [6.45, 7) is 2.52. The lowest BCUT2D eigenvalue weighted by Crippen LogP contribution is -2.16. The van der Waals surface area contributed by atoms with Crippen LogP contribution in [0, 0.1) is 0 Å². The topological polar surface area (TPSA) is 49.1 Å². The molecule has 2 aromatic carbocycles. The highest BCUT2D eigenvalue weighted by Gasteiger charge is 2.09. The Morgan fingerprint density at radius 3 is 2.59 bits per heavy atom. The lowest BCUT2D eigenvalue weighted by atomic mass is 10.2. The molecule has 0 spiro atoms. The number of ether oxygens (including phenoxy) is 1. The summed E-state index contributed by atoms with van der Waals surface area (Å²) in [4.78, 5) is 17.3. The van der Waals surface area contributed by atoms with Gasteiger partial charge in [-0.3, -0.25) is 9.36 Å². The second-order valence-corrected chi connectivity index (χ2v) is 7.43. The van der Waals surface area contributed by atoms with E-state index in [-0.39, 0.29) is 5.56 Å². The number of imidazole rings is 1. The van der Waals surface area contributed by atoms with Gasteiger partial charge in [-0.2, -0.15) is 0 Å². The lowest BCUT2D eigenvalue weighted by molar-refractivity contribution is 0.305. The number of fused-ring (bicyclic) bond motifs is 1. The smallest absolute Gasteiger partial charge is 0.258 e. The van der Waals surface area contributed by atoms with E-state index in [1.54, 1.807) is 16.8 Å². The van der Waals surface area contributed by atoms with Crippen LogP contribution in [0.15, 0.2) is 65.6 Å². The Morgan fingerprint density at radius 2 is 1.86 bits per heavy atom. The maximum atomic E-state index is 12.7. The molecule has 5 nitrogen and oxygen atoms in total. The van der Waals surface area contributed by atoms with E-state index < -0.39 is 0 Å². The maximum absolute atomic E-state index is 12.7. The van der Waals surface area contributed by atoms with Crippen LogP contribution < -0.4 is 10.3 Å². The fourth-order valence-electron chi connectivity index (χ4n) is 3.34. The number of halogens is 1. The van der Waals surface area contributed by atoms with Gasteiger partial charge in [-0.1, -0.05) is 30.7 Å². The summed E-state index contributed by atoms with van der Waals surface area (Å²) in [7, 11) is 2.01. The molecule has 0 atom stereocenters.